The van der Waals surface area contributed by atoms with Crippen molar-refractivity contribution in [1.82, 2.24) is 4.90 Å². The molecule has 0 spiro atoms. The van der Waals surface area contributed by atoms with Gasteiger partial charge in [0.15, 0.2) is 0 Å². The first-order chi connectivity index (χ1) is 9.41. The highest BCUT2D eigenvalue weighted by molar-refractivity contribution is 5.87. The van der Waals surface area contributed by atoms with Gasteiger partial charge in [0.2, 0.25) is 5.91 Å². The van der Waals surface area contributed by atoms with Crippen molar-refractivity contribution in [2.75, 3.05) is 13.1 Å². The average Bonchev–Trinajstić information content (AvgIpc) is 2.63. The fraction of sp³-hybridized carbons (Fsp3) is 0.611. The van der Waals surface area contributed by atoms with Crippen LogP contribution in [0.5, 0.6) is 0 Å². The van der Waals surface area contributed by atoms with E-state index in [1.54, 1.807) is 0 Å². The Bertz CT molecular complexity index is 461. The predicted molar refractivity (Wildman–Crippen MR) is 83.8 cm³/mol. The Hall–Kier alpha value is -1.31. The van der Waals surface area contributed by atoms with Crippen LogP contribution in [0.25, 0.3) is 0 Å². The summed E-state index contributed by atoms with van der Waals surface area (Å²) in [5.74, 6) is 1.02. The van der Waals surface area contributed by atoms with Crippen LogP contribution in [-0.4, -0.2) is 23.9 Å². The van der Waals surface area contributed by atoms with Crippen molar-refractivity contribution in [3.63, 3.8) is 0 Å². The number of amides is 1. The summed E-state index contributed by atoms with van der Waals surface area (Å²) in [5.41, 5.74) is 1.92. The smallest absolute Gasteiger partial charge is 0.232 e. The summed E-state index contributed by atoms with van der Waals surface area (Å²) in [6.45, 7) is 10.3. The molecule has 1 aliphatic rings. The molecule has 0 aliphatic carbocycles. The maximum atomic E-state index is 12.9. The Balaban J connectivity index is 2.15. The molecule has 0 aromatic heterocycles. The third-order valence-corrected chi connectivity index (χ3v) is 4.61. The Morgan fingerprint density at radius 3 is 2.45 bits per heavy atom. The van der Waals surface area contributed by atoms with E-state index in [4.69, 9.17) is 0 Å². The predicted octanol–water partition coefficient (Wildman–Crippen LogP) is 3.92. The zero-order valence-corrected chi connectivity index (χ0v) is 13.3. The topological polar surface area (TPSA) is 20.3 Å². The zero-order chi connectivity index (χ0) is 14.8. The van der Waals surface area contributed by atoms with Gasteiger partial charge in [-0.3, -0.25) is 4.79 Å². The van der Waals surface area contributed by atoms with Crippen molar-refractivity contribution in [2.45, 2.75) is 52.4 Å². The van der Waals surface area contributed by atoms with Crippen molar-refractivity contribution in [1.29, 1.82) is 0 Å². The summed E-state index contributed by atoms with van der Waals surface area (Å²) in [7, 11) is 0. The van der Waals surface area contributed by atoms with Crippen LogP contribution >= 0.6 is 0 Å². The Morgan fingerprint density at radius 1 is 1.15 bits per heavy atom. The second-order valence-corrected chi connectivity index (χ2v) is 6.82. The van der Waals surface area contributed by atoms with Crippen LogP contribution in [0.3, 0.4) is 0 Å². The molecule has 1 amide bonds. The minimum Gasteiger partial charge on any atom is -0.342 e. The molecule has 1 unspecified atom stereocenters. The number of nitrogens with zero attached hydrogens (tertiary/aromatic N) is 1. The summed E-state index contributed by atoms with van der Waals surface area (Å²) >= 11 is 0. The lowest BCUT2D eigenvalue weighted by atomic mass is 9.82. The molecule has 1 aromatic rings. The first-order valence-electron chi connectivity index (χ1n) is 7.78. The van der Waals surface area contributed by atoms with Crippen LogP contribution in [-0.2, 0) is 10.2 Å². The lowest BCUT2D eigenvalue weighted by Crippen LogP contribution is -2.44. The quantitative estimate of drug-likeness (QED) is 0.799. The molecule has 20 heavy (non-hydrogen) atoms. The SMILES string of the molecule is Cc1ccc(C(C)(C)C(=O)N2CCCC(C)CC2)cc1. The van der Waals surface area contributed by atoms with Gasteiger partial charge in [-0.15, -0.1) is 0 Å². The third-order valence-electron chi connectivity index (χ3n) is 4.61. The van der Waals surface area contributed by atoms with Crippen molar-refractivity contribution < 1.29 is 4.79 Å². The number of rotatable bonds is 2. The molecule has 0 saturated carbocycles. The summed E-state index contributed by atoms with van der Waals surface area (Å²) in [4.78, 5) is 15.0. The van der Waals surface area contributed by atoms with Gasteiger partial charge in [0.25, 0.3) is 0 Å². The third kappa shape index (κ3) is 3.23. The van der Waals surface area contributed by atoms with Crippen molar-refractivity contribution in [3.8, 4) is 0 Å². The molecule has 0 radical (unpaired) electrons. The molecule has 110 valence electrons. The number of hydrogen-bond acceptors (Lipinski definition) is 1. The first kappa shape index (κ1) is 15.1. The molecule has 1 heterocycles. The molecule has 1 fully saturated rings. The Kier molecular flexibility index (Phi) is 4.52. The Labute approximate surface area is 123 Å². The summed E-state index contributed by atoms with van der Waals surface area (Å²) < 4.78 is 0. The molecule has 1 aliphatic heterocycles. The monoisotopic (exact) mass is 273 g/mol. The van der Waals surface area contributed by atoms with E-state index in [1.807, 2.05) is 13.8 Å². The summed E-state index contributed by atoms with van der Waals surface area (Å²) in [5, 5.41) is 0. The van der Waals surface area contributed by atoms with Gasteiger partial charge in [-0.25, -0.2) is 0 Å². The molecule has 2 nitrogen and oxygen atoms in total. The van der Waals surface area contributed by atoms with Gasteiger partial charge in [0.05, 0.1) is 5.41 Å². The number of likely N-dealkylation sites (tertiary alicyclic amines) is 1. The molecule has 0 N–H and O–H groups in total. The zero-order valence-electron chi connectivity index (χ0n) is 13.3. The lowest BCUT2D eigenvalue weighted by molar-refractivity contribution is -0.136. The van der Waals surface area contributed by atoms with Gasteiger partial charge in [0, 0.05) is 13.1 Å². The van der Waals surface area contributed by atoms with E-state index in [-0.39, 0.29) is 5.91 Å². The lowest BCUT2D eigenvalue weighted by Gasteiger charge is -2.32. The second-order valence-electron chi connectivity index (χ2n) is 6.82. The van der Waals surface area contributed by atoms with Gasteiger partial charge >= 0.3 is 0 Å². The molecule has 1 atom stereocenters. The van der Waals surface area contributed by atoms with E-state index in [0.29, 0.717) is 0 Å². The molecular weight excluding hydrogens is 246 g/mol. The van der Waals surface area contributed by atoms with E-state index in [9.17, 15) is 4.79 Å². The van der Waals surface area contributed by atoms with Gasteiger partial charge in [-0.1, -0.05) is 36.8 Å². The largest absolute Gasteiger partial charge is 0.342 e. The van der Waals surface area contributed by atoms with E-state index in [0.717, 1.165) is 37.4 Å². The van der Waals surface area contributed by atoms with Gasteiger partial charge in [-0.05, 0) is 51.5 Å². The van der Waals surface area contributed by atoms with Crippen molar-refractivity contribution in [3.05, 3.63) is 35.4 Å². The van der Waals surface area contributed by atoms with E-state index >= 15 is 0 Å². The highest BCUT2D eigenvalue weighted by Gasteiger charge is 2.34. The summed E-state index contributed by atoms with van der Waals surface area (Å²) in [6, 6.07) is 8.37. The van der Waals surface area contributed by atoms with Crippen LogP contribution in [0.4, 0.5) is 0 Å². The number of aryl methyl sites for hydroxylation is 1. The molecule has 2 rings (SSSR count). The highest BCUT2D eigenvalue weighted by Crippen LogP contribution is 2.28. The standard InChI is InChI=1S/C18H27NO/c1-14-6-5-12-19(13-11-14)17(20)18(3,4)16-9-7-15(2)8-10-16/h7-10,14H,5-6,11-13H2,1-4H3. The molecule has 0 bridgehead atoms. The number of hydrogen-bond donors (Lipinski definition) is 0. The van der Waals surface area contributed by atoms with Gasteiger partial charge in [-0.2, -0.15) is 0 Å². The van der Waals surface area contributed by atoms with E-state index in [1.165, 1.54) is 12.0 Å². The number of carbonyl (C=O) groups excluding carboxylic acids is 1. The maximum absolute atomic E-state index is 12.9. The van der Waals surface area contributed by atoms with Crippen LogP contribution in [0.15, 0.2) is 24.3 Å². The Morgan fingerprint density at radius 2 is 1.80 bits per heavy atom. The summed E-state index contributed by atoms with van der Waals surface area (Å²) in [6.07, 6.45) is 3.52. The van der Waals surface area contributed by atoms with E-state index in [2.05, 4.69) is 43.0 Å². The van der Waals surface area contributed by atoms with Crippen LogP contribution in [0.2, 0.25) is 0 Å². The van der Waals surface area contributed by atoms with E-state index < -0.39 is 5.41 Å². The van der Waals surface area contributed by atoms with Crippen LogP contribution in [0, 0.1) is 12.8 Å². The second kappa shape index (κ2) is 5.99. The number of benzene rings is 1. The fourth-order valence-electron chi connectivity index (χ4n) is 2.96. The van der Waals surface area contributed by atoms with Gasteiger partial charge < -0.3 is 4.90 Å². The minimum absolute atomic E-state index is 0.274. The maximum Gasteiger partial charge on any atom is 0.232 e. The van der Waals surface area contributed by atoms with Crippen molar-refractivity contribution in [2.24, 2.45) is 5.92 Å². The van der Waals surface area contributed by atoms with Gasteiger partial charge in [0.1, 0.15) is 0 Å². The van der Waals surface area contributed by atoms with Crippen LogP contribution in [0.1, 0.15) is 51.2 Å². The molecule has 2 heteroatoms. The first-order valence-corrected chi connectivity index (χ1v) is 7.78. The van der Waals surface area contributed by atoms with Crippen LogP contribution < -0.4 is 0 Å². The highest BCUT2D eigenvalue weighted by atomic mass is 16.2. The normalized spacial score (nSPS) is 20.6. The molecule has 1 aromatic carbocycles. The average molecular weight is 273 g/mol. The number of carbonyl (C=O) groups is 1. The van der Waals surface area contributed by atoms with Crippen molar-refractivity contribution >= 4 is 5.91 Å². The molecular formula is C18H27NO. The molecule has 1 saturated heterocycles. The fourth-order valence-corrected chi connectivity index (χ4v) is 2.96. The minimum atomic E-state index is -0.429.